The molecular weight excluding hydrogens is 354 g/mol. The van der Waals surface area contributed by atoms with Crippen LogP contribution in [-0.4, -0.2) is 30.5 Å². The number of hydrogen-bond donors (Lipinski definition) is 1. The molecule has 0 aliphatic carbocycles. The maximum atomic E-state index is 12.7. The first-order valence-corrected chi connectivity index (χ1v) is 8.98. The highest BCUT2D eigenvalue weighted by molar-refractivity contribution is 6.30. The number of carbonyl (C=O) groups excluding carboxylic acids is 1. The Labute approximate surface area is 156 Å². The number of nitro benzene ring substituents is 1. The standard InChI is InChI=1S/C19H20ClN3O3/c20-15-5-3-14(4-6-15)9-10-21-19(24)17-13-16(23(25)26)7-8-18(17)22-11-1-2-12-22/h3-8,13H,1-2,9-12H2,(H,21,24). The molecule has 0 spiro atoms. The van der Waals surface area contributed by atoms with Crippen LogP contribution < -0.4 is 10.2 Å². The Morgan fingerprint density at radius 3 is 2.50 bits per heavy atom. The lowest BCUT2D eigenvalue weighted by Gasteiger charge is -2.20. The molecule has 1 amide bonds. The zero-order valence-corrected chi connectivity index (χ0v) is 15.0. The quantitative estimate of drug-likeness (QED) is 0.617. The van der Waals surface area contributed by atoms with Crippen LogP contribution in [-0.2, 0) is 6.42 Å². The summed E-state index contributed by atoms with van der Waals surface area (Å²) < 4.78 is 0. The predicted octanol–water partition coefficient (Wildman–Crippen LogP) is 3.82. The van der Waals surface area contributed by atoms with Gasteiger partial charge in [-0.1, -0.05) is 23.7 Å². The van der Waals surface area contributed by atoms with Crippen LogP contribution in [0.2, 0.25) is 5.02 Å². The highest BCUT2D eigenvalue weighted by Gasteiger charge is 2.22. The number of nitrogens with zero attached hydrogens (tertiary/aromatic N) is 2. The minimum Gasteiger partial charge on any atom is -0.371 e. The molecule has 6 nitrogen and oxygen atoms in total. The largest absolute Gasteiger partial charge is 0.371 e. The fourth-order valence-electron chi connectivity index (χ4n) is 3.12. The predicted molar refractivity (Wildman–Crippen MR) is 102 cm³/mol. The van der Waals surface area contributed by atoms with Crippen LogP contribution in [0.25, 0.3) is 0 Å². The van der Waals surface area contributed by atoms with E-state index in [9.17, 15) is 14.9 Å². The van der Waals surface area contributed by atoms with Crippen molar-refractivity contribution in [1.29, 1.82) is 0 Å². The van der Waals surface area contributed by atoms with Gasteiger partial charge in [-0.3, -0.25) is 14.9 Å². The molecule has 2 aromatic carbocycles. The van der Waals surface area contributed by atoms with Crippen molar-refractivity contribution in [2.45, 2.75) is 19.3 Å². The summed E-state index contributed by atoms with van der Waals surface area (Å²) in [5.74, 6) is -0.287. The summed E-state index contributed by atoms with van der Waals surface area (Å²) in [7, 11) is 0. The van der Waals surface area contributed by atoms with Crippen LogP contribution in [0.1, 0.15) is 28.8 Å². The fraction of sp³-hybridized carbons (Fsp3) is 0.316. The van der Waals surface area contributed by atoms with E-state index in [1.165, 1.54) is 12.1 Å². The minimum atomic E-state index is -0.474. The number of non-ortho nitro benzene ring substituents is 1. The van der Waals surface area contributed by atoms with Crippen molar-refractivity contribution in [3.05, 3.63) is 68.7 Å². The van der Waals surface area contributed by atoms with Gasteiger partial charge in [0.15, 0.2) is 0 Å². The van der Waals surface area contributed by atoms with E-state index in [2.05, 4.69) is 10.2 Å². The second kappa shape index (κ2) is 8.19. The Hall–Kier alpha value is -2.60. The molecule has 1 saturated heterocycles. The molecule has 0 unspecified atom stereocenters. The van der Waals surface area contributed by atoms with Crippen LogP contribution in [0.4, 0.5) is 11.4 Å². The number of amides is 1. The summed E-state index contributed by atoms with van der Waals surface area (Å²) in [6, 6.07) is 11.9. The summed E-state index contributed by atoms with van der Waals surface area (Å²) in [5.41, 5.74) is 2.11. The monoisotopic (exact) mass is 373 g/mol. The van der Waals surface area contributed by atoms with Crippen molar-refractivity contribution in [2.75, 3.05) is 24.5 Å². The van der Waals surface area contributed by atoms with E-state index in [-0.39, 0.29) is 11.6 Å². The normalized spacial score (nSPS) is 13.7. The van der Waals surface area contributed by atoms with Gasteiger partial charge in [0.1, 0.15) is 0 Å². The van der Waals surface area contributed by atoms with Crippen molar-refractivity contribution in [1.82, 2.24) is 5.32 Å². The number of halogens is 1. The van der Waals surface area contributed by atoms with Gasteiger partial charge in [0.05, 0.1) is 16.2 Å². The van der Waals surface area contributed by atoms with Crippen molar-refractivity contribution in [2.24, 2.45) is 0 Å². The molecule has 26 heavy (non-hydrogen) atoms. The molecule has 1 N–H and O–H groups in total. The number of rotatable bonds is 6. The fourth-order valence-corrected chi connectivity index (χ4v) is 3.25. The molecule has 1 aliphatic rings. The van der Waals surface area contributed by atoms with Crippen LogP contribution in [0.5, 0.6) is 0 Å². The molecule has 0 radical (unpaired) electrons. The number of anilines is 1. The van der Waals surface area contributed by atoms with E-state index in [1.54, 1.807) is 6.07 Å². The van der Waals surface area contributed by atoms with Gasteiger partial charge >= 0.3 is 0 Å². The lowest BCUT2D eigenvalue weighted by atomic mass is 10.1. The molecule has 0 bridgehead atoms. The Morgan fingerprint density at radius 2 is 1.85 bits per heavy atom. The molecule has 136 valence electrons. The van der Waals surface area contributed by atoms with Gasteiger partial charge in [-0.25, -0.2) is 0 Å². The van der Waals surface area contributed by atoms with Gasteiger partial charge < -0.3 is 10.2 Å². The smallest absolute Gasteiger partial charge is 0.270 e. The molecule has 7 heteroatoms. The first kappa shape index (κ1) is 18.2. The first-order valence-electron chi connectivity index (χ1n) is 8.60. The van der Waals surface area contributed by atoms with E-state index >= 15 is 0 Å². The maximum absolute atomic E-state index is 12.7. The lowest BCUT2D eigenvalue weighted by Crippen LogP contribution is -2.29. The Kier molecular flexibility index (Phi) is 5.73. The SMILES string of the molecule is O=C(NCCc1ccc(Cl)cc1)c1cc([N+](=O)[O-])ccc1N1CCCC1. The van der Waals surface area contributed by atoms with Crippen molar-refractivity contribution in [3.63, 3.8) is 0 Å². The summed E-state index contributed by atoms with van der Waals surface area (Å²) in [5, 5.41) is 14.6. The van der Waals surface area contributed by atoms with Gasteiger partial charge in [0, 0.05) is 36.8 Å². The van der Waals surface area contributed by atoms with Crippen molar-refractivity contribution in [3.8, 4) is 0 Å². The number of nitrogens with one attached hydrogen (secondary N) is 1. The topological polar surface area (TPSA) is 75.5 Å². The Balaban J connectivity index is 1.72. The van der Waals surface area contributed by atoms with E-state index in [1.807, 2.05) is 24.3 Å². The van der Waals surface area contributed by atoms with Crippen LogP contribution in [0.3, 0.4) is 0 Å². The molecule has 0 aromatic heterocycles. The number of carbonyl (C=O) groups is 1. The van der Waals surface area contributed by atoms with Gasteiger partial charge in [0.25, 0.3) is 11.6 Å². The molecule has 0 saturated carbocycles. The zero-order chi connectivity index (χ0) is 18.5. The highest BCUT2D eigenvalue weighted by Crippen LogP contribution is 2.28. The second-order valence-electron chi connectivity index (χ2n) is 6.29. The van der Waals surface area contributed by atoms with E-state index in [4.69, 9.17) is 11.6 Å². The number of hydrogen-bond acceptors (Lipinski definition) is 4. The lowest BCUT2D eigenvalue weighted by molar-refractivity contribution is -0.384. The number of benzene rings is 2. The van der Waals surface area contributed by atoms with Crippen LogP contribution in [0.15, 0.2) is 42.5 Å². The van der Waals surface area contributed by atoms with Gasteiger partial charge in [-0.05, 0) is 43.0 Å². The van der Waals surface area contributed by atoms with E-state index in [0.29, 0.717) is 23.6 Å². The van der Waals surface area contributed by atoms with Crippen molar-refractivity contribution >= 4 is 28.9 Å². The Bertz CT molecular complexity index is 802. The van der Waals surface area contributed by atoms with Gasteiger partial charge in [-0.15, -0.1) is 0 Å². The number of nitro groups is 1. The molecule has 1 aliphatic heterocycles. The van der Waals surface area contributed by atoms with Crippen LogP contribution >= 0.6 is 11.6 Å². The van der Waals surface area contributed by atoms with Crippen molar-refractivity contribution < 1.29 is 9.72 Å². The molecular formula is C19H20ClN3O3. The molecule has 1 heterocycles. The minimum absolute atomic E-state index is 0.0733. The average Bonchev–Trinajstić information content (AvgIpc) is 3.17. The molecule has 2 aromatic rings. The molecule has 1 fully saturated rings. The average molecular weight is 374 g/mol. The summed E-state index contributed by atoms with van der Waals surface area (Å²) in [4.78, 5) is 25.4. The highest BCUT2D eigenvalue weighted by atomic mass is 35.5. The third-order valence-electron chi connectivity index (χ3n) is 4.49. The van der Waals surface area contributed by atoms with E-state index < -0.39 is 4.92 Å². The molecule has 0 atom stereocenters. The second-order valence-corrected chi connectivity index (χ2v) is 6.72. The van der Waals surface area contributed by atoms with Gasteiger partial charge in [0.2, 0.25) is 0 Å². The third-order valence-corrected chi connectivity index (χ3v) is 4.75. The molecule has 3 rings (SSSR count). The van der Waals surface area contributed by atoms with E-state index in [0.717, 1.165) is 37.2 Å². The maximum Gasteiger partial charge on any atom is 0.270 e. The van der Waals surface area contributed by atoms with Crippen LogP contribution in [0, 0.1) is 10.1 Å². The summed E-state index contributed by atoms with van der Waals surface area (Å²) >= 11 is 5.87. The third kappa shape index (κ3) is 4.32. The summed E-state index contributed by atoms with van der Waals surface area (Å²) in [6.45, 7) is 2.17. The first-order chi connectivity index (χ1) is 12.5. The zero-order valence-electron chi connectivity index (χ0n) is 14.3. The van der Waals surface area contributed by atoms with Gasteiger partial charge in [-0.2, -0.15) is 0 Å². The Morgan fingerprint density at radius 1 is 1.15 bits per heavy atom. The summed E-state index contributed by atoms with van der Waals surface area (Å²) in [6.07, 6.45) is 2.79.